The van der Waals surface area contributed by atoms with Crippen LogP contribution in [-0.4, -0.2) is 39.9 Å². The Morgan fingerprint density at radius 1 is 1.16 bits per heavy atom. The molecule has 0 aromatic heterocycles. The molecule has 0 amide bonds. The molecular weight excluding hydrogens is 266 g/mol. The average molecular weight is 287 g/mol. The minimum Gasteiger partial charge on any atom is -0.394 e. The van der Waals surface area contributed by atoms with Gasteiger partial charge < -0.3 is 9.84 Å². The highest BCUT2D eigenvalue weighted by molar-refractivity contribution is 7.89. The molecule has 0 bridgehead atoms. The molecular formula is C13H21NO4S. The number of rotatable bonds is 7. The molecule has 0 aliphatic heterocycles. The summed E-state index contributed by atoms with van der Waals surface area (Å²) >= 11 is 0. The van der Waals surface area contributed by atoms with Crippen LogP contribution in [0.5, 0.6) is 0 Å². The molecule has 0 fully saturated rings. The summed E-state index contributed by atoms with van der Waals surface area (Å²) < 4.78 is 31.9. The number of aryl methyl sites for hydroxylation is 3. The van der Waals surface area contributed by atoms with Crippen LogP contribution in [0.1, 0.15) is 16.7 Å². The minimum absolute atomic E-state index is 0.0665. The fourth-order valence-corrected chi connectivity index (χ4v) is 3.54. The second kappa shape index (κ2) is 7.00. The SMILES string of the molecule is Cc1cc(C)c(S(=O)(=O)NCCOCCO)c(C)c1. The fraction of sp³-hybridized carbons (Fsp3) is 0.538. The van der Waals surface area contributed by atoms with Gasteiger partial charge in [-0.2, -0.15) is 0 Å². The number of sulfonamides is 1. The van der Waals surface area contributed by atoms with Crippen LogP contribution in [0.15, 0.2) is 17.0 Å². The van der Waals surface area contributed by atoms with Crippen molar-refractivity contribution in [3.63, 3.8) is 0 Å². The molecule has 19 heavy (non-hydrogen) atoms. The van der Waals surface area contributed by atoms with Gasteiger partial charge in [0.05, 0.1) is 24.7 Å². The molecule has 0 atom stereocenters. The van der Waals surface area contributed by atoms with Gasteiger partial charge in [0.1, 0.15) is 0 Å². The van der Waals surface area contributed by atoms with Crippen molar-refractivity contribution < 1.29 is 18.3 Å². The van der Waals surface area contributed by atoms with E-state index in [0.717, 1.165) is 16.7 Å². The van der Waals surface area contributed by atoms with Gasteiger partial charge in [-0.15, -0.1) is 0 Å². The molecule has 1 aromatic carbocycles. The molecule has 0 saturated heterocycles. The Morgan fingerprint density at radius 3 is 2.26 bits per heavy atom. The number of aliphatic hydroxyl groups excluding tert-OH is 1. The summed E-state index contributed by atoms with van der Waals surface area (Å²) in [4.78, 5) is 0.334. The second-order valence-corrected chi connectivity index (χ2v) is 6.17. The summed E-state index contributed by atoms with van der Waals surface area (Å²) in [6.07, 6.45) is 0. The van der Waals surface area contributed by atoms with Crippen LogP contribution in [0.25, 0.3) is 0 Å². The molecule has 0 aliphatic carbocycles. The molecule has 0 heterocycles. The third-order valence-corrected chi connectivity index (χ3v) is 4.41. The van der Waals surface area contributed by atoms with Gasteiger partial charge in [0, 0.05) is 6.54 Å². The first-order valence-electron chi connectivity index (χ1n) is 6.14. The number of hydrogen-bond donors (Lipinski definition) is 2. The third kappa shape index (κ3) is 4.58. The van der Waals surface area contributed by atoms with Crippen LogP contribution < -0.4 is 4.72 Å². The zero-order valence-corrected chi connectivity index (χ0v) is 12.4. The van der Waals surface area contributed by atoms with E-state index in [-0.39, 0.29) is 26.4 Å². The van der Waals surface area contributed by atoms with Crippen LogP contribution in [0.3, 0.4) is 0 Å². The van der Waals surface area contributed by atoms with Crippen LogP contribution in [0.4, 0.5) is 0 Å². The number of ether oxygens (including phenoxy) is 1. The van der Waals surface area contributed by atoms with Gasteiger partial charge in [0.2, 0.25) is 10.0 Å². The summed E-state index contributed by atoms with van der Waals surface area (Å²) in [5, 5.41) is 8.54. The lowest BCUT2D eigenvalue weighted by Crippen LogP contribution is -2.29. The summed E-state index contributed by atoms with van der Waals surface area (Å²) in [6.45, 7) is 6.09. The van der Waals surface area contributed by atoms with Crippen LogP contribution in [0.2, 0.25) is 0 Å². The molecule has 1 rings (SSSR count). The maximum absolute atomic E-state index is 12.2. The Morgan fingerprint density at radius 2 is 1.74 bits per heavy atom. The Hall–Kier alpha value is -0.950. The molecule has 0 saturated carbocycles. The largest absolute Gasteiger partial charge is 0.394 e. The summed E-state index contributed by atoms with van der Waals surface area (Å²) in [7, 11) is -3.52. The Labute approximate surface area is 114 Å². The van der Waals surface area contributed by atoms with Crippen molar-refractivity contribution >= 4 is 10.0 Å². The van der Waals surface area contributed by atoms with E-state index in [0.29, 0.717) is 4.90 Å². The van der Waals surface area contributed by atoms with Crippen molar-refractivity contribution in [1.29, 1.82) is 0 Å². The van der Waals surface area contributed by atoms with Crippen molar-refractivity contribution in [2.24, 2.45) is 0 Å². The van der Waals surface area contributed by atoms with Crippen molar-refractivity contribution in [3.8, 4) is 0 Å². The number of hydrogen-bond acceptors (Lipinski definition) is 4. The fourth-order valence-electron chi connectivity index (χ4n) is 2.08. The third-order valence-electron chi connectivity index (χ3n) is 2.65. The Kier molecular flexibility index (Phi) is 5.93. The highest BCUT2D eigenvalue weighted by atomic mass is 32.2. The minimum atomic E-state index is -3.52. The quantitative estimate of drug-likeness (QED) is 0.731. The number of nitrogens with one attached hydrogen (secondary N) is 1. The van der Waals surface area contributed by atoms with Gasteiger partial charge in [-0.25, -0.2) is 13.1 Å². The van der Waals surface area contributed by atoms with Gasteiger partial charge in [0.15, 0.2) is 0 Å². The van der Waals surface area contributed by atoms with Crippen LogP contribution >= 0.6 is 0 Å². The molecule has 0 aliphatic rings. The molecule has 0 unspecified atom stereocenters. The van der Waals surface area contributed by atoms with E-state index < -0.39 is 10.0 Å². The van der Waals surface area contributed by atoms with Crippen molar-refractivity contribution in [3.05, 3.63) is 28.8 Å². The topological polar surface area (TPSA) is 75.6 Å². The van der Waals surface area contributed by atoms with Crippen molar-refractivity contribution in [2.75, 3.05) is 26.4 Å². The van der Waals surface area contributed by atoms with E-state index in [9.17, 15) is 8.42 Å². The van der Waals surface area contributed by atoms with Gasteiger partial charge in [0.25, 0.3) is 0 Å². The maximum Gasteiger partial charge on any atom is 0.241 e. The predicted octanol–water partition coefficient (Wildman–Crippen LogP) is 0.899. The zero-order chi connectivity index (χ0) is 14.5. The number of benzene rings is 1. The molecule has 108 valence electrons. The standard InChI is InChI=1S/C13H21NO4S/c1-10-8-11(2)13(12(3)9-10)19(16,17)14-4-6-18-7-5-15/h8-9,14-15H,4-7H2,1-3H3. The number of aliphatic hydroxyl groups is 1. The highest BCUT2D eigenvalue weighted by Crippen LogP contribution is 2.21. The highest BCUT2D eigenvalue weighted by Gasteiger charge is 2.19. The zero-order valence-electron chi connectivity index (χ0n) is 11.6. The lowest BCUT2D eigenvalue weighted by Gasteiger charge is -2.13. The van der Waals surface area contributed by atoms with E-state index >= 15 is 0 Å². The Bertz CT molecular complexity index is 502. The van der Waals surface area contributed by atoms with Gasteiger partial charge in [-0.1, -0.05) is 17.7 Å². The summed E-state index contributed by atoms with van der Waals surface area (Å²) in [6, 6.07) is 3.70. The van der Waals surface area contributed by atoms with Crippen LogP contribution in [0, 0.1) is 20.8 Å². The summed E-state index contributed by atoms with van der Waals surface area (Å²) in [5.41, 5.74) is 2.52. The molecule has 0 spiro atoms. The monoisotopic (exact) mass is 287 g/mol. The first-order chi connectivity index (χ1) is 8.88. The predicted molar refractivity (Wildman–Crippen MR) is 73.7 cm³/mol. The first kappa shape index (κ1) is 16.1. The van der Waals surface area contributed by atoms with E-state index in [4.69, 9.17) is 9.84 Å². The van der Waals surface area contributed by atoms with Crippen molar-refractivity contribution in [2.45, 2.75) is 25.7 Å². The molecule has 2 N–H and O–H groups in total. The molecule has 1 aromatic rings. The maximum atomic E-state index is 12.2. The lowest BCUT2D eigenvalue weighted by atomic mass is 10.1. The normalized spacial score (nSPS) is 11.8. The van der Waals surface area contributed by atoms with E-state index in [1.165, 1.54) is 0 Å². The van der Waals surface area contributed by atoms with E-state index in [1.807, 2.05) is 19.1 Å². The van der Waals surface area contributed by atoms with E-state index in [2.05, 4.69) is 4.72 Å². The smallest absolute Gasteiger partial charge is 0.241 e. The van der Waals surface area contributed by atoms with Gasteiger partial charge in [-0.3, -0.25) is 0 Å². The van der Waals surface area contributed by atoms with Gasteiger partial charge in [-0.05, 0) is 31.9 Å². The van der Waals surface area contributed by atoms with Gasteiger partial charge >= 0.3 is 0 Å². The first-order valence-corrected chi connectivity index (χ1v) is 7.63. The summed E-state index contributed by atoms with van der Waals surface area (Å²) in [5.74, 6) is 0. The van der Waals surface area contributed by atoms with Crippen LogP contribution in [-0.2, 0) is 14.8 Å². The Balaban J connectivity index is 2.78. The molecule has 0 radical (unpaired) electrons. The average Bonchev–Trinajstić information content (AvgIpc) is 2.26. The molecule has 5 nitrogen and oxygen atoms in total. The molecule has 6 heteroatoms. The second-order valence-electron chi connectivity index (χ2n) is 4.46. The lowest BCUT2D eigenvalue weighted by molar-refractivity contribution is 0.0961. The van der Waals surface area contributed by atoms with Crippen molar-refractivity contribution in [1.82, 2.24) is 4.72 Å². The van der Waals surface area contributed by atoms with E-state index in [1.54, 1.807) is 13.8 Å².